The standard InChI is InChI=1S/C12H15N3/c1-7(13)9-3-2-4-10-11(8-5-6-8)14-15-12(9)10/h2-4,7-8H,5-6,13H2,1H3,(H,14,15). The molecular weight excluding hydrogens is 186 g/mol. The molecule has 1 aliphatic carbocycles. The quantitative estimate of drug-likeness (QED) is 0.784. The number of hydrogen-bond donors (Lipinski definition) is 2. The van der Waals surface area contributed by atoms with Crippen LogP contribution in [0.3, 0.4) is 0 Å². The van der Waals surface area contributed by atoms with E-state index in [1.165, 1.54) is 23.9 Å². The second-order valence-electron chi connectivity index (χ2n) is 4.44. The number of rotatable bonds is 2. The minimum Gasteiger partial charge on any atom is -0.324 e. The highest BCUT2D eigenvalue weighted by Crippen LogP contribution is 2.42. The maximum absolute atomic E-state index is 5.93. The Balaban J connectivity index is 2.23. The Labute approximate surface area is 88.7 Å². The van der Waals surface area contributed by atoms with Gasteiger partial charge in [-0.05, 0) is 25.3 Å². The van der Waals surface area contributed by atoms with E-state index in [-0.39, 0.29) is 6.04 Å². The molecule has 1 fully saturated rings. The fourth-order valence-corrected chi connectivity index (χ4v) is 2.13. The number of fused-ring (bicyclic) bond motifs is 1. The van der Waals surface area contributed by atoms with Crippen molar-refractivity contribution >= 4 is 10.9 Å². The predicted octanol–water partition coefficient (Wildman–Crippen LogP) is 2.46. The minimum atomic E-state index is 0.0454. The molecule has 0 bridgehead atoms. The van der Waals surface area contributed by atoms with Gasteiger partial charge in [0.15, 0.2) is 0 Å². The lowest BCUT2D eigenvalue weighted by molar-refractivity contribution is 0.822. The first-order valence-electron chi connectivity index (χ1n) is 5.50. The zero-order chi connectivity index (χ0) is 10.4. The van der Waals surface area contributed by atoms with E-state index in [4.69, 9.17) is 5.73 Å². The summed E-state index contributed by atoms with van der Waals surface area (Å²) in [7, 11) is 0. The summed E-state index contributed by atoms with van der Waals surface area (Å²) in [6.07, 6.45) is 2.58. The fourth-order valence-electron chi connectivity index (χ4n) is 2.13. The van der Waals surface area contributed by atoms with Gasteiger partial charge < -0.3 is 5.73 Å². The van der Waals surface area contributed by atoms with E-state index in [0.29, 0.717) is 5.92 Å². The Bertz CT molecular complexity index is 495. The number of aromatic amines is 1. The molecular formula is C12H15N3. The molecule has 1 unspecified atom stereocenters. The number of para-hydroxylation sites is 1. The van der Waals surface area contributed by atoms with Gasteiger partial charge in [-0.3, -0.25) is 5.10 Å². The summed E-state index contributed by atoms with van der Waals surface area (Å²) < 4.78 is 0. The third-order valence-corrected chi connectivity index (χ3v) is 3.12. The summed E-state index contributed by atoms with van der Waals surface area (Å²) in [5.74, 6) is 0.707. The van der Waals surface area contributed by atoms with Crippen LogP contribution in [-0.2, 0) is 0 Å². The number of nitrogens with two attached hydrogens (primary N) is 1. The molecule has 3 heteroatoms. The Hall–Kier alpha value is -1.35. The van der Waals surface area contributed by atoms with Crippen LogP contribution in [0, 0.1) is 0 Å². The van der Waals surface area contributed by atoms with Gasteiger partial charge in [0.1, 0.15) is 0 Å². The molecule has 1 heterocycles. The molecule has 1 aliphatic rings. The van der Waals surface area contributed by atoms with E-state index in [2.05, 4.69) is 28.4 Å². The highest BCUT2D eigenvalue weighted by atomic mass is 15.1. The van der Waals surface area contributed by atoms with E-state index >= 15 is 0 Å². The number of benzene rings is 1. The van der Waals surface area contributed by atoms with Crippen LogP contribution in [-0.4, -0.2) is 10.2 Å². The van der Waals surface area contributed by atoms with Crippen molar-refractivity contribution in [2.24, 2.45) is 5.73 Å². The Morgan fingerprint density at radius 1 is 1.47 bits per heavy atom. The maximum atomic E-state index is 5.93. The van der Waals surface area contributed by atoms with Crippen molar-refractivity contribution in [2.45, 2.75) is 31.7 Å². The summed E-state index contributed by atoms with van der Waals surface area (Å²) in [6.45, 7) is 2.00. The molecule has 0 spiro atoms. The largest absolute Gasteiger partial charge is 0.324 e. The first-order chi connectivity index (χ1) is 7.27. The summed E-state index contributed by atoms with van der Waals surface area (Å²) in [6, 6.07) is 6.31. The summed E-state index contributed by atoms with van der Waals surface area (Å²) in [4.78, 5) is 0. The predicted molar refractivity (Wildman–Crippen MR) is 60.7 cm³/mol. The zero-order valence-corrected chi connectivity index (χ0v) is 8.83. The van der Waals surface area contributed by atoms with Crippen LogP contribution >= 0.6 is 0 Å². The van der Waals surface area contributed by atoms with Gasteiger partial charge in [0.05, 0.1) is 5.52 Å². The zero-order valence-electron chi connectivity index (χ0n) is 8.83. The number of nitrogens with one attached hydrogen (secondary N) is 1. The molecule has 1 aromatic heterocycles. The third kappa shape index (κ3) is 1.35. The SMILES string of the molecule is CC(N)c1cccc2c(C3CC3)[nH]nc12. The van der Waals surface area contributed by atoms with Gasteiger partial charge in [-0.1, -0.05) is 18.2 Å². The highest BCUT2D eigenvalue weighted by molar-refractivity contribution is 5.85. The first-order valence-corrected chi connectivity index (χ1v) is 5.50. The maximum Gasteiger partial charge on any atom is 0.0971 e. The van der Waals surface area contributed by atoms with Crippen molar-refractivity contribution in [2.75, 3.05) is 0 Å². The molecule has 3 nitrogen and oxygen atoms in total. The van der Waals surface area contributed by atoms with Crippen LogP contribution in [0.4, 0.5) is 0 Å². The lowest BCUT2D eigenvalue weighted by Crippen LogP contribution is -2.05. The van der Waals surface area contributed by atoms with Crippen molar-refractivity contribution < 1.29 is 0 Å². The van der Waals surface area contributed by atoms with E-state index < -0.39 is 0 Å². The lowest BCUT2D eigenvalue weighted by atomic mass is 10.0. The number of nitrogens with zero attached hydrogens (tertiary/aromatic N) is 1. The molecule has 0 amide bonds. The summed E-state index contributed by atoms with van der Waals surface area (Å²) in [5, 5.41) is 8.82. The normalized spacial score (nSPS) is 18.3. The Kier molecular flexibility index (Phi) is 1.83. The molecule has 0 aliphatic heterocycles. The Morgan fingerprint density at radius 3 is 2.93 bits per heavy atom. The van der Waals surface area contributed by atoms with Crippen molar-refractivity contribution in [1.82, 2.24) is 10.2 Å². The van der Waals surface area contributed by atoms with Gasteiger partial charge in [0.25, 0.3) is 0 Å². The molecule has 0 radical (unpaired) electrons. The van der Waals surface area contributed by atoms with Crippen molar-refractivity contribution in [1.29, 1.82) is 0 Å². The van der Waals surface area contributed by atoms with Crippen LogP contribution in [0.15, 0.2) is 18.2 Å². The van der Waals surface area contributed by atoms with Gasteiger partial charge in [-0.15, -0.1) is 0 Å². The molecule has 1 aromatic carbocycles. The number of hydrogen-bond acceptors (Lipinski definition) is 2. The van der Waals surface area contributed by atoms with Crippen LogP contribution in [0.2, 0.25) is 0 Å². The Morgan fingerprint density at radius 2 is 2.27 bits per heavy atom. The molecule has 15 heavy (non-hydrogen) atoms. The van der Waals surface area contributed by atoms with Gasteiger partial charge in [-0.25, -0.2) is 0 Å². The van der Waals surface area contributed by atoms with Crippen LogP contribution in [0.25, 0.3) is 10.9 Å². The molecule has 2 aromatic rings. The average molecular weight is 201 g/mol. The third-order valence-electron chi connectivity index (χ3n) is 3.12. The second kappa shape index (κ2) is 3.07. The highest BCUT2D eigenvalue weighted by Gasteiger charge is 2.27. The summed E-state index contributed by atoms with van der Waals surface area (Å²) in [5.41, 5.74) is 9.41. The van der Waals surface area contributed by atoms with Crippen molar-refractivity contribution in [3.05, 3.63) is 29.5 Å². The van der Waals surface area contributed by atoms with Crippen LogP contribution in [0.5, 0.6) is 0 Å². The summed E-state index contributed by atoms with van der Waals surface area (Å²) >= 11 is 0. The lowest BCUT2D eigenvalue weighted by Gasteiger charge is -2.05. The minimum absolute atomic E-state index is 0.0454. The molecule has 1 atom stereocenters. The van der Waals surface area contributed by atoms with Crippen LogP contribution < -0.4 is 5.73 Å². The fraction of sp³-hybridized carbons (Fsp3) is 0.417. The van der Waals surface area contributed by atoms with Gasteiger partial charge >= 0.3 is 0 Å². The van der Waals surface area contributed by atoms with Crippen molar-refractivity contribution in [3.63, 3.8) is 0 Å². The molecule has 78 valence electrons. The first kappa shape index (κ1) is 8.92. The molecule has 0 saturated heterocycles. The monoisotopic (exact) mass is 201 g/mol. The smallest absolute Gasteiger partial charge is 0.0971 e. The van der Waals surface area contributed by atoms with E-state index in [1.807, 2.05) is 6.92 Å². The molecule has 3 rings (SSSR count). The van der Waals surface area contributed by atoms with Crippen molar-refractivity contribution in [3.8, 4) is 0 Å². The van der Waals surface area contributed by atoms with Gasteiger partial charge in [0.2, 0.25) is 0 Å². The van der Waals surface area contributed by atoms with Gasteiger partial charge in [-0.2, -0.15) is 5.10 Å². The molecule has 1 saturated carbocycles. The van der Waals surface area contributed by atoms with E-state index in [9.17, 15) is 0 Å². The van der Waals surface area contributed by atoms with Crippen LogP contribution in [0.1, 0.15) is 43.0 Å². The number of aromatic nitrogens is 2. The van der Waals surface area contributed by atoms with Gasteiger partial charge in [0, 0.05) is 23.0 Å². The molecule has 3 N–H and O–H groups in total. The van der Waals surface area contributed by atoms with E-state index in [1.54, 1.807) is 0 Å². The topological polar surface area (TPSA) is 54.7 Å². The second-order valence-corrected chi connectivity index (χ2v) is 4.44. The average Bonchev–Trinajstić information content (AvgIpc) is 2.97. The van der Waals surface area contributed by atoms with E-state index in [0.717, 1.165) is 11.1 Å². The number of H-pyrrole nitrogens is 1.